The van der Waals surface area contributed by atoms with E-state index in [2.05, 4.69) is 5.32 Å². The molecular weight excluding hydrogens is 356 g/mol. The van der Waals surface area contributed by atoms with Crippen LogP contribution in [-0.4, -0.2) is 12.1 Å². The second-order valence-electron chi connectivity index (χ2n) is 5.79. The Morgan fingerprint density at radius 1 is 0.778 bits per heavy atom. The lowest BCUT2D eigenvalue weighted by molar-refractivity contribution is 0.415. The number of methoxy groups -OCH3 is 1. The smallest absolute Gasteiger partial charge is 0.210 e. The Balaban J connectivity index is 1.66. The molecule has 0 radical (unpaired) electrons. The fourth-order valence-corrected chi connectivity index (χ4v) is 3.48. The van der Waals surface area contributed by atoms with E-state index in [1.807, 2.05) is 84.9 Å². The van der Waals surface area contributed by atoms with Gasteiger partial charge in [-0.3, -0.25) is 0 Å². The molecule has 134 valence electrons. The van der Waals surface area contributed by atoms with E-state index in [1.165, 1.54) is 11.3 Å². The molecule has 4 aromatic rings. The number of thiazole rings is 1. The first-order valence-corrected chi connectivity index (χ1v) is 9.34. The summed E-state index contributed by atoms with van der Waals surface area (Å²) in [4.78, 5) is 4.77. The topological polar surface area (TPSA) is 43.4 Å². The Bertz CT molecular complexity index is 1000. The van der Waals surface area contributed by atoms with Gasteiger partial charge in [0.05, 0.1) is 7.11 Å². The molecule has 0 aliphatic carbocycles. The van der Waals surface area contributed by atoms with Gasteiger partial charge in [-0.15, -0.1) is 0 Å². The van der Waals surface area contributed by atoms with Gasteiger partial charge >= 0.3 is 0 Å². The summed E-state index contributed by atoms with van der Waals surface area (Å²) in [5.41, 5.74) is 2.78. The van der Waals surface area contributed by atoms with Crippen molar-refractivity contribution >= 4 is 22.2 Å². The fraction of sp³-hybridized carbons (Fsp3) is 0.0455. The van der Waals surface area contributed by atoms with Crippen molar-refractivity contribution in [3.05, 3.63) is 84.9 Å². The van der Waals surface area contributed by atoms with Gasteiger partial charge in [-0.1, -0.05) is 59.9 Å². The van der Waals surface area contributed by atoms with Crippen molar-refractivity contribution in [2.24, 2.45) is 0 Å². The number of para-hydroxylation sites is 1. The van der Waals surface area contributed by atoms with E-state index in [1.54, 1.807) is 7.11 Å². The Morgan fingerprint density at radius 3 is 2.11 bits per heavy atom. The van der Waals surface area contributed by atoms with Crippen molar-refractivity contribution in [3.8, 4) is 27.8 Å². The minimum atomic E-state index is 0.753. The van der Waals surface area contributed by atoms with Crippen LogP contribution < -0.4 is 14.8 Å². The van der Waals surface area contributed by atoms with Gasteiger partial charge in [-0.05, 0) is 36.4 Å². The summed E-state index contributed by atoms with van der Waals surface area (Å²) in [6.45, 7) is 0. The highest BCUT2D eigenvalue weighted by molar-refractivity contribution is 7.18. The fourth-order valence-electron chi connectivity index (χ4n) is 2.60. The van der Waals surface area contributed by atoms with E-state index in [9.17, 15) is 0 Å². The summed E-state index contributed by atoms with van der Waals surface area (Å²) in [6, 6.07) is 27.5. The van der Waals surface area contributed by atoms with Crippen LogP contribution in [0, 0.1) is 0 Å². The van der Waals surface area contributed by atoms with Gasteiger partial charge in [0.1, 0.15) is 17.2 Å². The number of ether oxygens (including phenoxy) is 2. The van der Waals surface area contributed by atoms with Gasteiger partial charge in [0.15, 0.2) is 5.13 Å². The van der Waals surface area contributed by atoms with Gasteiger partial charge in [-0.2, -0.15) is 0 Å². The summed E-state index contributed by atoms with van der Waals surface area (Å²) < 4.78 is 11.3. The molecule has 0 bridgehead atoms. The standard InChI is InChI=1S/C22H18N2O2S/c1-25-18-14-12-17(13-15-18)23-22-24-20(16-8-4-2-5-9-16)21(27-22)26-19-10-6-3-7-11-19/h2-15H,1H3,(H,23,24). The Kier molecular flexibility index (Phi) is 5.03. The van der Waals surface area contributed by atoms with Gasteiger partial charge in [0.25, 0.3) is 0 Å². The van der Waals surface area contributed by atoms with E-state index < -0.39 is 0 Å². The summed E-state index contributed by atoms with van der Waals surface area (Å²) in [7, 11) is 1.66. The molecule has 0 spiro atoms. The van der Waals surface area contributed by atoms with Crippen molar-refractivity contribution in [2.75, 3.05) is 12.4 Å². The second kappa shape index (κ2) is 7.93. The average Bonchev–Trinajstić information content (AvgIpc) is 3.12. The summed E-state index contributed by atoms with van der Waals surface area (Å²) in [6.07, 6.45) is 0. The number of anilines is 2. The Labute approximate surface area is 162 Å². The van der Waals surface area contributed by atoms with E-state index in [4.69, 9.17) is 14.5 Å². The molecule has 1 heterocycles. The Morgan fingerprint density at radius 2 is 1.44 bits per heavy atom. The number of rotatable bonds is 6. The monoisotopic (exact) mass is 374 g/mol. The minimum Gasteiger partial charge on any atom is -0.497 e. The van der Waals surface area contributed by atoms with Crippen LogP contribution in [0.5, 0.6) is 16.6 Å². The van der Waals surface area contributed by atoms with Crippen LogP contribution in [-0.2, 0) is 0 Å². The van der Waals surface area contributed by atoms with Crippen LogP contribution in [0.4, 0.5) is 10.8 Å². The highest BCUT2D eigenvalue weighted by Gasteiger charge is 2.15. The van der Waals surface area contributed by atoms with Crippen LogP contribution in [0.25, 0.3) is 11.3 Å². The predicted molar refractivity (Wildman–Crippen MR) is 110 cm³/mol. The van der Waals surface area contributed by atoms with Gasteiger partial charge in [-0.25, -0.2) is 4.98 Å². The zero-order valence-electron chi connectivity index (χ0n) is 14.8. The van der Waals surface area contributed by atoms with Gasteiger partial charge in [0.2, 0.25) is 5.06 Å². The van der Waals surface area contributed by atoms with Crippen molar-refractivity contribution in [1.82, 2.24) is 4.98 Å². The molecule has 0 fully saturated rings. The van der Waals surface area contributed by atoms with Crippen molar-refractivity contribution < 1.29 is 9.47 Å². The molecule has 0 saturated heterocycles. The molecule has 5 heteroatoms. The molecule has 4 nitrogen and oxygen atoms in total. The molecule has 0 aliphatic heterocycles. The molecule has 0 saturated carbocycles. The molecule has 0 aliphatic rings. The molecule has 3 aromatic carbocycles. The molecule has 1 aromatic heterocycles. The highest BCUT2D eigenvalue weighted by atomic mass is 32.1. The summed E-state index contributed by atoms with van der Waals surface area (Å²) in [5, 5.41) is 4.87. The first-order valence-electron chi connectivity index (χ1n) is 8.52. The van der Waals surface area contributed by atoms with E-state index in [0.29, 0.717) is 0 Å². The lowest BCUT2D eigenvalue weighted by atomic mass is 10.2. The largest absolute Gasteiger partial charge is 0.497 e. The van der Waals surface area contributed by atoms with Crippen LogP contribution in [0.3, 0.4) is 0 Å². The highest BCUT2D eigenvalue weighted by Crippen LogP contribution is 2.41. The Hall–Kier alpha value is -3.31. The van der Waals surface area contributed by atoms with Crippen molar-refractivity contribution in [2.45, 2.75) is 0 Å². The second-order valence-corrected chi connectivity index (χ2v) is 6.75. The minimum absolute atomic E-state index is 0.753. The zero-order chi connectivity index (χ0) is 18.5. The predicted octanol–water partition coefficient (Wildman–Crippen LogP) is 6.35. The third-order valence-corrected chi connectivity index (χ3v) is 4.79. The molecule has 4 rings (SSSR count). The maximum Gasteiger partial charge on any atom is 0.210 e. The normalized spacial score (nSPS) is 10.4. The van der Waals surface area contributed by atoms with Crippen molar-refractivity contribution in [1.29, 1.82) is 0 Å². The van der Waals surface area contributed by atoms with Gasteiger partial charge in [0, 0.05) is 11.3 Å². The number of benzene rings is 3. The molecule has 1 N–H and O–H groups in total. The van der Waals surface area contributed by atoms with Gasteiger partial charge < -0.3 is 14.8 Å². The number of nitrogens with one attached hydrogen (secondary N) is 1. The lowest BCUT2D eigenvalue weighted by Gasteiger charge is -2.04. The number of nitrogens with zero attached hydrogens (tertiary/aromatic N) is 1. The van der Waals surface area contributed by atoms with Crippen molar-refractivity contribution in [3.63, 3.8) is 0 Å². The SMILES string of the molecule is COc1ccc(Nc2nc(-c3ccccc3)c(Oc3ccccc3)s2)cc1. The molecule has 27 heavy (non-hydrogen) atoms. The first-order chi connectivity index (χ1) is 13.3. The molecule has 0 atom stereocenters. The number of hydrogen-bond acceptors (Lipinski definition) is 5. The molecular formula is C22H18N2O2S. The number of aromatic nitrogens is 1. The summed E-state index contributed by atoms with van der Waals surface area (Å²) in [5.74, 6) is 1.60. The molecule has 0 amide bonds. The quantitative estimate of drug-likeness (QED) is 0.427. The third-order valence-electron chi connectivity index (χ3n) is 3.94. The van der Waals surface area contributed by atoms with Crippen LogP contribution >= 0.6 is 11.3 Å². The third kappa shape index (κ3) is 4.10. The summed E-state index contributed by atoms with van der Waals surface area (Å²) >= 11 is 1.48. The zero-order valence-corrected chi connectivity index (χ0v) is 15.6. The average molecular weight is 374 g/mol. The number of hydrogen-bond donors (Lipinski definition) is 1. The lowest BCUT2D eigenvalue weighted by Crippen LogP contribution is -1.90. The van der Waals surface area contributed by atoms with Crippen LogP contribution in [0.1, 0.15) is 0 Å². The maximum atomic E-state index is 6.11. The van der Waals surface area contributed by atoms with Crippen LogP contribution in [0.2, 0.25) is 0 Å². The maximum absolute atomic E-state index is 6.11. The first kappa shape index (κ1) is 17.1. The van der Waals surface area contributed by atoms with Crippen LogP contribution in [0.15, 0.2) is 84.9 Å². The van der Waals surface area contributed by atoms with E-state index in [0.717, 1.165) is 38.6 Å². The van der Waals surface area contributed by atoms with E-state index in [-0.39, 0.29) is 0 Å². The molecule has 0 unspecified atom stereocenters. The van der Waals surface area contributed by atoms with E-state index >= 15 is 0 Å².